The zero-order valence-corrected chi connectivity index (χ0v) is 21.8. The van der Waals surface area contributed by atoms with Crippen LogP contribution in [0.1, 0.15) is 107 Å². The Morgan fingerprint density at radius 1 is 0.533 bits per heavy atom. The quantitative estimate of drug-likeness (QED) is 0.148. The molecule has 0 aliphatic heterocycles. The second kappa shape index (κ2) is 17.4. The Kier molecular flexibility index (Phi) is 17.3. The highest BCUT2D eigenvalue weighted by molar-refractivity contribution is 4.75. The lowest BCUT2D eigenvalue weighted by Crippen LogP contribution is -2.53. The van der Waals surface area contributed by atoms with Gasteiger partial charge in [-0.25, -0.2) is 0 Å². The van der Waals surface area contributed by atoms with E-state index in [-0.39, 0.29) is 6.10 Å². The van der Waals surface area contributed by atoms with Crippen molar-refractivity contribution in [2.24, 2.45) is 23.7 Å². The average molecular weight is 431 g/mol. The van der Waals surface area contributed by atoms with E-state index >= 15 is 0 Å². The van der Waals surface area contributed by atoms with Crippen LogP contribution in [-0.2, 0) is 18.9 Å². The minimum Gasteiger partial charge on any atom is -0.369 e. The zero-order valence-electron chi connectivity index (χ0n) is 21.8. The first kappa shape index (κ1) is 29.8. The lowest BCUT2D eigenvalue weighted by atomic mass is 10.0. The van der Waals surface area contributed by atoms with E-state index in [9.17, 15) is 0 Å². The fraction of sp³-hybridized carbons (Fsp3) is 1.00. The van der Waals surface area contributed by atoms with Crippen molar-refractivity contribution < 1.29 is 18.9 Å². The largest absolute Gasteiger partial charge is 0.369 e. The molecule has 4 heteroatoms. The van der Waals surface area contributed by atoms with Gasteiger partial charge in [0.25, 0.3) is 0 Å². The van der Waals surface area contributed by atoms with Crippen LogP contribution in [0.3, 0.4) is 0 Å². The molecule has 0 rings (SSSR count). The van der Waals surface area contributed by atoms with Crippen molar-refractivity contribution in [3.05, 3.63) is 0 Å². The predicted octanol–water partition coefficient (Wildman–Crippen LogP) is 7.45. The summed E-state index contributed by atoms with van der Waals surface area (Å²) in [7, 11) is 0. The van der Waals surface area contributed by atoms with E-state index in [4.69, 9.17) is 18.9 Å². The lowest BCUT2D eigenvalue weighted by Gasteiger charge is -2.41. The summed E-state index contributed by atoms with van der Waals surface area (Å²) in [5.41, 5.74) is 0. The van der Waals surface area contributed by atoms with Crippen LogP contribution < -0.4 is 0 Å². The summed E-state index contributed by atoms with van der Waals surface area (Å²) in [6, 6.07) is 0. The highest BCUT2D eigenvalue weighted by Gasteiger charge is 2.44. The third-order valence-electron chi connectivity index (χ3n) is 4.70. The number of hydrogen-bond donors (Lipinski definition) is 0. The molecule has 0 heterocycles. The van der Waals surface area contributed by atoms with Gasteiger partial charge in [0.05, 0.1) is 19.8 Å². The molecule has 0 spiro atoms. The third kappa shape index (κ3) is 14.8. The Morgan fingerprint density at radius 2 is 0.933 bits per heavy atom. The Hall–Kier alpha value is -0.160. The van der Waals surface area contributed by atoms with Crippen molar-refractivity contribution >= 4 is 0 Å². The fourth-order valence-electron chi connectivity index (χ4n) is 3.03. The fourth-order valence-corrected chi connectivity index (χ4v) is 3.03. The molecule has 0 bridgehead atoms. The SMILES string of the molecule is CCCCCCCCC(OCC(C)C)C(OCC(C)C)(OCC(C)C)OCC(C)C. The number of ether oxygens (including phenoxy) is 4. The molecule has 0 fully saturated rings. The Labute approximate surface area is 188 Å². The van der Waals surface area contributed by atoms with Crippen LogP contribution in [0, 0.1) is 23.7 Å². The molecule has 4 nitrogen and oxygen atoms in total. The van der Waals surface area contributed by atoms with Gasteiger partial charge >= 0.3 is 5.97 Å². The molecular weight excluding hydrogens is 376 g/mol. The van der Waals surface area contributed by atoms with Crippen LogP contribution in [0.4, 0.5) is 0 Å². The van der Waals surface area contributed by atoms with Gasteiger partial charge in [0, 0.05) is 6.61 Å². The molecule has 182 valence electrons. The van der Waals surface area contributed by atoms with Crippen molar-refractivity contribution in [2.75, 3.05) is 26.4 Å². The van der Waals surface area contributed by atoms with Crippen LogP contribution in [0.2, 0.25) is 0 Å². The summed E-state index contributed by atoms with van der Waals surface area (Å²) < 4.78 is 25.7. The van der Waals surface area contributed by atoms with Crippen LogP contribution >= 0.6 is 0 Å². The van der Waals surface area contributed by atoms with E-state index in [2.05, 4.69) is 62.3 Å². The molecule has 0 aliphatic carbocycles. The van der Waals surface area contributed by atoms with Gasteiger partial charge in [-0.15, -0.1) is 0 Å². The van der Waals surface area contributed by atoms with Crippen molar-refractivity contribution in [3.63, 3.8) is 0 Å². The summed E-state index contributed by atoms with van der Waals surface area (Å²) in [6.07, 6.45) is 8.20. The molecule has 0 amide bonds. The highest BCUT2D eigenvalue weighted by Crippen LogP contribution is 2.30. The van der Waals surface area contributed by atoms with Gasteiger partial charge in [-0.2, -0.15) is 0 Å². The van der Waals surface area contributed by atoms with Crippen molar-refractivity contribution in [2.45, 2.75) is 119 Å². The smallest absolute Gasteiger partial charge is 0.310 e. The van der Waals surface area contributed by atoms with Gasteiger partial charge in [-0.05, 0) is 30.1 Å². The Bertz CT molecular complexity index is 348. The van der Waals surface area contributed by atoms with E-state index in [1.165, 1.54) is 32.1 Å². The first-order valence-electron chi connectivity index (χ1n) is 12.7. The second-order valence-corrected chi connectivity index (χ2v) is 10.5. The number of hydrogen-bond acceptors (Lipinski definition) is 4. The molecule has 0 saturated carbocycles. The van der Waals surface area contributed by atoms with Crippen LogP contribution in [0.5, 0.6) is 0 Å². The summed E-state index contributed by atoms with van der Waals surface area (Å²) in [5, 5.41) is 0. The number of unbranched alkanes of at least 4 members (excludes halogenated alkanes) is 5. The molecule has 0 aromatic rings. The number of rotatable bonds is 20. The zero-order chi connectivity index (χ0) is 23.0. The van der Waals surface area contributed by atoms with Crippen LogP contribution in [0.25, 0.3) is 0 Å². The maximum atomic E-state index is 6.42. The van der Waals surface area contributed by atoms with E-state index in [1.807, 2.05) is 0 Å². The third-order valence-corrected chi connectivity index (χ3v) is 4.70. The molecule has 0 aromatic carbocycles. The standard InChI is InChI=1S/C26H54O4/c1-10-11-12-13-14-15-16-25(27-17-21(2)3)26(28-18-22(4)5,29-19-23(6)7)30-20-24(8)9/h21-25H,10-20H2,1-9H3. The molecular formula is C26H54O4. The molecule has 30 heavy (non-hydrogen) atoms. The topological polar surface area (TPSA) is 36.9 Å². The molecule has 0 N–H and O–H groups in total. The molecule has 0 aliphatic rings. The van der Waals surface area contributed by atoms with E-state index in [0.29, 0.717) is 50.1 Å². The van der Waals surface area contributed by atoms with E-state index in [1.54, 1.807) is 0 Å². The van der Waals surface area contributed by atoms with Gasteiger partial charge < -0.3 is 18.9 Å². The first-order valence-corrected chi connectivity index (χ1v) is 12.7. The van der Waals surface area contributed by atoms with E-state index < -0.39 is 5.97 Å². The maximum Gasteiger partial charge on any atom is 0.310 e. The van der Waals surface area contributed by atoms with Gasteiger partial charge in [0.15, 0.2) is 0 Å². The molecule has 1 unspecified atom stereocenters. The Morgan fingerprint density at radius 3 is 1.33 bits per heavy atom. The van der Waals surface area contributed by atoms with Crippen LogP contribution in [-0.4, -0.2) is 38.5 Å². The highest BCUT2D eigenvalue weighted by atomic mass is 16.9. The van der Waals surface area contributed by atoms with Crippen LogP contribution in [0.15, 0.2) is 0 Å². The summed E-state index contributed by atoms with van der Waals surface area (Å²) in [6.45, 7) is 22.0. The van der Waals surface area contributed by atoms with Crippen molar-refractivity contribution in [3.8, 4) is 0 Å². The lowest BCUT2D eigenvalue weighted by molar-refractivity contribution is -0.424. The molecule has 1 atom stereocenters. The predicted molar refractivity (Wildman–Crippen MR) is 128 cm³/mol. The average Bonchev–Trinajstić information content (AvgIpc) is 2.66. The summed E-state index contributed by atoms with van der Waals surface area (Å²) in [4.78, 5) is 0. The van der Waals surface area contributed by atoms with E-state index in [0.717, 1.165) is 12.8 Å². The summed E-state index contributed by atoms with van der Waals surface area (Å²) in [5.74, 6) is 0.519. The van der Waals surface area contributed by atoms with Crippen molar-refractivity contribution in [1.29, 1.82) is 0 Å². The minimum atomic E-state index is -1.13. The monoisotopic (exact) mass is 430 g/mol. The van der Waals surface area contributed by atoms with Crippen molar-refractivity contribution in [1.82, 2.24) is 0 Å². The maximum absolute atomic E-state index is 6.42. The Balaban J connectivity index is 5.47. The first-order chi connectivity index (χ1) is 14.1. The van der Waals surface area contributed by atoms with Gasteiger partial charge in [-0.3, -0.25) is 0 Å². The molecule has 0 radical (unpaired) electrons. The second-order valence-electron chi connectivity index (χ2n) is 10.5. The minimum absolute atomic E-state index is 0.220. The van der Waals surface area contributed by atoms with Gasteiger partial charge in [0.1, 0.15) is 6.10 Å². The summed E-state index contributed by atoms with van der Waals surface area (Å²) >= 11 is 0. The molecule has 0 aromatic heterocycles. The van der Waals surface area contributed by atoms with Gasteiger partial charge in [0.2, 0.25) is 0 Å². The molecule has 0 saturated heterocycles. The normalized spacial score (nSPS) is 13.9. The van der Waals surface area contributed by atoms with Gasteiger partial charge in [-0.1, -0.05) is 101 Å².